The molecule has 0 bridgehead atoms. The van der Waals surface area contributed by atoms with Crippen LogP contribution in [-0.4, -0.2) is 46.8 Å². The van der Waals surface area contributed by atoms with Crippen molar-refractivity contribution in [2.75, 3.05) is 0 Å². The van der Waals surface area contributed by atoms with Gasteiger partial charge in [-0.3, -0.25) is 0 Å². The van der Waals surface area contributed by atoms with Crippen molar-refractivity contribution >= 4 is 35.9 Å². The molecule has 0 aromatic rings. The molecule has 4 nitrogen and oxygen atoms in total. The Morgan fingerprint density at radius 1 is 0.882 bits per heavy atom. The van der Waals surface area contributed by atoms with Gasteiger partial charge in [-0.2, -0.15) is 0 Å². The van der Waals surface area contributed by atoms with Crippen LogP contribution in [0.4, 0.5) is 0 Å². The van der Waals surface area contributed by atoms with Crippen molar-refractivity contribution in [1.29, 1.82) is 0 Å². The standard InChI is InChI=1S/C9H25O4Si4/c1-8-9(10)17(11-14(2)3,12-15(4)5)13-16(6)7/h9-10H,8H2,1-7H3. The summed E-state index contributed by atoms with van der Waals surface area (Å²) >= 11 is 0. The molecule has 3 radical (unpaired) electrons. The summed E-state index contributed by atoms with van der Waals surface area (Å²) in [6, 6.07) is 0. The lowest BCUT2D eigenvalue weighted by Crippen LogP contribution is -2.61. The summed E-state index contributed by atoms with van der Waals surface area (Å²) in [6.45, 7) is 14.3. The maximum absolute atomic E-state index is 10.3. The molecule has 1 atom stereocenters. The predicted molar refractivity (Wildman–Crippen MR) is 77.8 cm³/mol. The van der Waals surface area contributed by atoms with Crippen LogP contribution in [0.1, 0.15) is 13.3 Å². The quantitative estimate of drug-likeness (QED) is 0.697. The van der Waals surface area contributed by atoms with Crippen LogP contribution in [0.15, 0.2) is 0 Å². The molecule has 101 valence electrons. The minimum absolute atomic E-state index is 0.595. The molecule has 0 fully saturated rings. The van der Waals surface area contributed by atoms with Crippen molar-refractivity contribution in [2.24, 2.45) is 0 Å². The van der Waals surface area contributed by atoms with Gasteiger partial charge in [-0.05, 0) is 45.7 Å². The summed E-state index contributed by atoms with van der Waals surface area (Å²) in [5.74, 6) is 0. The predicted octanol–water partition coefficient (Wildman–Crippen LogP) is 2.04. The van der Waals surface area contributed by atoms with E-state index < -0.39 is 41.7 Å². The summed E-state index contributed by atoms with van der Waals surface area (Å²) in [4.78, 5) is 0. The van der Waals surface area contributed by atoms with Crippen LogP contribution in [-0.2, 0) is 12.3 Å². The minimum atomic E-state index is -2.90. The Bertz CT molecular complexity index is 187. The highest BCUT2D eigenvalue weighted by Crippen LogP contribution is 2.21. The first-order valence-corrected chi connectivity index (χ1v) is 14.9. The molecule has 8 heteroatoms. The van der Waals surface area contributed by atoms with Crippen LogP contribution in [0.5, 0.6) is 0 Å². The van der Waals surface area contributed by atoms with Crippen LogP contribution >= 0.6 is 0 Å². The van der Waals surface area contributed by atoms with Crippen LogP contribution < -0.4 is 0 Å². The molecular weight excluding hydrogens is 284 g/mol. The van der Waals surface area contributed by atoms with Gasteiger partial charge < -0.3 is 17.5 Å². The Kier molecular flexibility index (Phi) is 8.33. The van der Waals surface area contributed by atoms with Crippen LogP contribution in [0.25, 0.3) is 0 Å². The lowest BCUT2D eigenvalue weighted by molar-refractivity contribution is 0.136. The van der Waals surface area contributed by atoms with E-state index in [1.807, 2.05) is 6.92 Å². The van der Waals surface area contributed by atoms with Gasteiger partial charge in [-0.15, -0.1) is 0 Å². The van der Waals surface area contributed by atoms with Gasteiger partial charge in [0, 0.05) is 0 Å². The third-order valence-corrected chi connectivity index (χ3v) is 11.4. The topological polar surface area (TPSA) is 47.9 Å². The van der Waals surface area contributed by atoms with Crippen LogP contribution in [0.3, 0.4) is 0 Å². The van der Waals surface area contributed by atoms with E-state index in [1.165, 1.54) is 0 Å². The largest absolute Gasteiger partial charge is 0.499 e. The third kappa shape index (κ3) is 6.43. The fraction of sp³-hybridized carbons (Fsp3) is 1.00. The SMILES string of the molecule is CCC(O)[Si](O[Si](C)C)(O[Si](C)C)O[Si](C)C. The zero-order valence-electron chi connectivity index (χ0n) is 12.0. The fourth-order valence-corrected chi connectivity index (χ4v) is 12.0. The molecule has 0 saturated heterocycles. The van der Waals surface area contributed by atoms with Gasteiger partial charge in [0.1, 0.15) is 5.73 Å². The van der Waals surface area contributed by atoms with Crippen molar-refractivity contribution in [2.45, 2.75) is 58.4 Å². The highest BCUT2D eigenvalue weighted by atomic mass is 28.5. The summed E-state index contributed by atoms with van der Waals surface area (Å²) < 4.78 is 18.0. The normalized spacial score (nSPS) is 15.0. The molecule has 1 N–H and O–H groups in total. The lowest BCUT2D eigenvalue weighted by atomic mass is 10.5. The molecule has 17 heavy (non-hydrogen) atoms. The summed E-state index contributed by atoms with van der Waals surface area (Å²) in [5, 5.41) is 10.3. The Labute approximate surface area is 112 Å². The van der Waals surface area contributed by atoms with Crippen molar-refractivity contribution in [3.8, 4) is 0 Å². The van der Waals surface area contributed by atoms with E-state index in [0.717, 1.165) is 0 Å². The summed E-state index contributed by atoms with van der Waals surface area (Å²) in [7, 11) is -5.75. The van der Waals surface area contributed by atoms with Crippen LogP contribution in [0.2, 0.25) is 39.3 Å². The number of hydrogen-bond donors (Lipinski definition) is 1. The van der Waals surface area contributed by atoms with Gasteiger partial charge in [-0.1, -0.05) is 6.92 Å². The molecule has 1 unspecified atom stereocenters. The average molecular weight is 310 g/mol. The van der Waals surface area contributed by atoms with E-state index in [1.54, 1.807) is 0 Å². The van der Waals surface area contributed by atoms with E-state index in [2.05, 4.69) is 39.3 Å². The smallest absolute Gasteiger partial charge is 0.415 e. The molecule has 0 aliphatic heterocycles. The highest BCUT2D eigenvalue weighted by Gasteiger charge is 2.49. The first kappa shape index (κ1) is 17.7. The number of aliphatic hydroxyl groups excluding tert-OH is 1. The molecule has 0 aromatic carbocycles. The third-order valence-electron chi connectivity index (χ3n) is 1.83. The maximum Gasteiger partial charge on any atom is 0.499 e. The minimum Gasteiger partial charge on any atom is -0.415 e. The maximum atomic E-state index is 10.3. The molecule has 0 aliphatic carbocycles. The zero-order valence-corrected chi connectivity index (χ0v) is 16.0. The molecule has 0 heterocycles. The molecule has 0 aliphatic rings. The van der Waals surface area contributed by atoms with Gasteiger partial charge in [0.25, 0.3) is 0 Å². The van der Waals surface area contributed by atoms with Gasteiger partial charge >= 0.3 is 8.80 Å². The van der Waals surface area contributed by atoms with Gasteiger partial charge in [0.15, 0.2) is 27.1 Å². The molecule has 0 rings (SSSR count). The van der Waals surface area contributed by atoms with Crippen molar-refractivity contribution in [3.63, 3.8) is 0 Å². The Morgan fingerprint density at radius 2 is 1.18 bits per heavy atom. The fourth-order valence-electron chi connectivity index (χ4n) is 1.37. The van der Waals surface area contributed by atoms with E-state index >= 15 is 0 Å². The molecule has 0 aromatic heterocycles. The zero-order chi connectivity index (χ0) is 13.6. The first-order chi connectivity index (χ1) is 7.73. The highest BCUT2D eigenvalue weighted by molar-refractivity contribution is 6.80. The summed E-state index contributed by atoms with van der Waals surface area (Å²) in [5.41, 5.74) is -0.595. The van der Waals surface area contributed by atoms with Crippen molar-refractivity contribution < 1.29 is 17.5 Å². The molecule has 0 amide bonds. The lowest BCUT2D eigenvalue weighted by Gasteiger charge is -2.37. The Balaban J connectivity index is 5.04. The van der Waals surface area contributed by atoms with E-state index in [0.29, 0.717) is 6.42 Å². The second kappa shape index (κ2) is 7.99. The van der Waals surface area contributed by atoms with Gasteiger partial charge in [0.2, 0.25) is 0 Å². The van der Waals surface area contributed by atoms with E-state index in [9.17, 15) is 5.11 Å². The van der Waals surface area contributed by atoms with Gasteiger partial charge in [0.05, 0.1) is 0 Å². The Hall–Kier alpha value is 0.708. The van der Waals surface area contributed by atoms with Crippen LogP contribution in [0, 0.1) is 0 Å². The number of rotatable bonds is 8. The molecular formula is C9H25O4Si4. The Morgan fingerprint density at radius 3 is 1.35 bits per heavy atom. The average Bonchev–Trinajstić information content (AvgIpc) is 2.12. The number of hydrogen-bond acceptors (Lipinski definition) is 4. The monoisotopic (exact) mass is 309 g/mol. The van der Waals surface area contributed by atoms with Gasteiger partial charge in [-0.25, -0.2) is 0 Å². The summed E-state index contributed by atoms with van der Waals surface area (Å²) in [6.07, 6.45) is 0.617. The second-order valence-corrected chi connectivity index (χ2v) is 14.3. The molecule has 0 saturated carbocycles. The second-order valence-electron chi connectivity index (χ2n) is 4.56. The van der Waals surface area contributed by atoms with Crippen molar-refractivity contribution in [3.05, 3.63) is 0 Å². The first-order valence-electron chi connectivity index (χ1n) is 5.89. The van der Waals surface area contributed by atoms with E-state index in [4.69, 9.17) is 12.3 Å². The van der Waals surface area contributed by atoms with Crippen molar-refractivity contribution in [1.82, 2.24) is 0 Å². The van der Waals surface area contributed by atoms with E-state index in [-0.39, 0.29) is 0 Å². The molecule has 0 spiro atoms. The number of aliphatic hydroxyl groups is 1.